The van der Waals surface area contributed by atoms with Crippen molar-refractivity contribution in [2.75, 3.05) is 12.8 Å². The molecule has 0 unspecified atom stereocenters. The zero-order valence-electron chi connectivity index (χ0n) is 10.1. The molecular weight excluding hydrogens is 273 g/mol. The van der Waals surface area contributed by atoms with Crippen molar-refractivity contribution in [3.05, 3.63) is 39.5 Å². The van der Waals surface area contributed by atoms with Crippen LogP contribution in [0.3, 0.4) is 0 Å². The third kappa shape index (κ3) is 2.26. The first-order chi connectivity index (χ1) is 8.54. The molecule has 4 nitrogen and oxygen atoms in total. The Labute approximate surface area is 115 Å². The molecule has 0 aliphatic carbocycles. The molecule has 0 aliphatic rings. The van der Waals surface area contributed by atoms with Crippen molar-refractivity contribution >= 4 is 29.0 Å². The first-order valence-corrected chi connectivity index (χ1v) is 6.10. The SMILES string of the molecule is COc1cccc(Cl)c1Cn1nc(C)c(Cl)c1N. The number of halogens is 2. The number of hydrogen-bond donors (Lipinski definition) is 1. The van der Waals surface area contributed by atoms with E-state index in [9.17, 15) is 0 Å². The van der Waals surface area contributed by atoms with E-state index in [0.717, 1.165) is 5.56 Å². The Morgan fingerprint density at radius 1 is 1.39 bits per heavy atom. The summed E-state index contributed by atoms with van der Waals surface area (Å²) in [7, 11) is 1.60. The summed E-state index contributed by atoms with van der Waals surface area (Å²) in [5.74, 6) is 1.13. The van der Waals surface area contributed by atoms with Gasteiger partial charge in [-0.15, -0.1) is 0 Å². The Morgan fingerprint density at radius 3 is 2.67 bits per heavy atom. The summed E-state index contributed by atoms with van der Waals surface area (Å²) in [5.41, 5.74) is 7.40. The second-order valence-electron chi connectivity index (χ2n) is 3.86. The maximum absolute atomic E-state index is 6.16. The Kier molecular flexibility index (Phi) is 3.68. The van der Waals surface area contributed by atoms with E-state index in [2.05, 4.69) is 5.10 Å². The van der Waals surface area contributed by atoms with Gasteiger partial charge in [0.05, 0.1) is 19.3 Å². The zero-order valence-corrected chi connectivity index (χ0v) is 11.6. The number of rotatable bonds is 3. The van der Waals surface area contributed by atoms with Crippen LogP contribution < -0.4 is 10.5 Å². The number of ether oxygens (including phenoxy) is 1. The summed E-state index contributed by atoms with van der Waals surface area (Å²) in [4.78, 5) is 0. The van der Waals surface area contributed by atoms with Crippen LogP contribution in [0.1, 0.15) is 11.3 Å². The van der Waals surface area contributed by atoms with Crippen molar-refractivity contribution in [3.63, 3.8) is 0 Å². The number of nitrogens with zero attached hydrogens (tertiary/aromatic N) is 2. The molecule has 0 saturated carbocycles. The molecule has 0 fully saturated rings. The lowest BCUT2D eigenvalue weighted by atomic mass is 10.2. The van der Waals surface area contributed by atoms with Gasteiger partial charge in [-0.25, -0.2) is 4.68 Å². The molecule has 0 bridgehead atoms. The summed E-state index contributed by atoms with van der Waals surface area (Å²) in [5, 5.41) is 5.35. The maximum Gasteiger partial charge on any atom is 0.141 e. The lowest BCUT2D eigenvalue weighted by molar-refractivity contribution is 0.407. The predicted octanol–water partition coefficient (Wildman–Crippen LogP) is 3.14. The zero-order chi connectivity index (χ0) is 13.3. The van der Waals surface area contributed by atoms with Crippen LogP contribution in [0.25, 0.3) is 0 Å². The minimum atomic E-state index is 0.419. The molecule has 18 heavy (non-hydrogen) atoms. The third-order valence-electron chi connectivity index (χ3n) is 2.69. The van der Waals surface area contributed by atoms with Crippen LogP contribution in [-0.4, -0.2) is 16.9 Å². The van der Waals surface area contributed by atoms with E-state index < -0.39 is 0 Å². The molecule has 0 saturated heterocycles. The lowest BCUT2D eigenvalue weighted by Gasteiger charge is -2.11. The van der Waals surface area contributed by atoms with Crippen LogP contribution in [0.5, 0.6) is 5.75 Å². The van der Waals surface area contributed by atoms with E-state index in [1.165, 1.54) is 0 Å². The number of aromatic nitrogens is 2. The molecule has 0 radical (unpaired) electrons. The van der Waals surface area contributed by atoms with Crippen LogP contribution in [0.4, 0.5) is 5.82 Å². The third-order valence-corrected chi connectivity index (χ3v) is 3.52. The van der Waals surface area contributed by atoms with E-state index in [1.807, 2.05) is 12.1 Å². The standard InChI is InChI=1S/C12H13Cl2N3O/c1-7-11(14)12(15)17(16-7)6-8-9(13)4-3-5-10(8)18-2/h3-5H,6,15H2,1-2H3. The monoisotopic (exact) mass is 285 g/mol. The van der Waals surface area contributed by atoms with Gasteiger partial charge in [0.2, 0.25) is 0 Å². The molecule has 2 N–H and O–H groups in total. The van der Waals surface area contributed by atoms with Gasteiger partial charge >= 0.3 is 0 Å². The smallest absolute Gasteiger partial charge is 0.141 e. The fourth-order valence-electron chi connectivity index (χ4n) is 1.73. The van der Waals surface area contributed by atoms with Crippen LogP contribution in [-0.2, 0) is 6.54 Å². The van der Waals surface area contributed by atoms with Crippen molar-refractivity contribution < 1.29 is 4.74 Å². The molecule has 0 spiro atoms. The molecule has 1 heterocycles. The normalized spacial score (nSPS) is 10.7. The number of anilines is 1. The largest absolute Gasteiger partial charge is 0.496 e. The number of nitrogens with two attached hydrogens (primary N) is 1. The van der Waals surface area contributed by atoms with Gasteiger partial charge in [-0.1, -0.05) is 29.3 Å². The number of benzene rings is 1. The molecule has 1 aromatic carbocycles. The summed E-state index contributed by atoms with van der Waals surface area (Å²) in [6.45, 7) is 2.22. The van der Waals surface area contributed by atoms with Crippen molar-refractivity contribution in [1.29, 1.82) is 0 Å². The highest BCUT2D eigenvalue weighted by Gasteiger charge is 2.14. The van der Waals surface area contributed by atoms with E-state index in [1.54, 1.807) is 24.8 Å². The number of aryl methyl sites for hydroxylation is 1. The minimum absolute atomic E-state index is 0.419. The van der Waals surface area contributed by atoms with Crippen LogP contribution in [0.2, 0.25) is 10.0 Å². The van der Waals surface area contributed by atoms with Crippen molar-refractivity contribution in [2.24, 2.45) is 0 Å². The molecule has 1 aromatic heterocycles. The quantitative estimate of drug-likeness (QED) is 0.943. The topological polar surface area (TPSA) is 53.1 Å². The van der Waals surface area contributed by atoms with Gasteiger partial charge in [0.1, 0.15) is 16.6 Å². The van der Waals surface area contributed by atoms with E-state index in [4.69, 9.17) is 33.7 Å². The average Bonchev–Trinajstić information content (AvgIpc) is 2.59. The Balaban J connectivity index is 2.42. The first-order valence-electron chi connectivity index (χ1n) is 5.34. The van der Waals surface area contributed by atoms with Crippen LogP contribution >= 0.6 is 23.2 Å². The van der Waals surface area contributed by atoms with E-state index in [-0.39, 0.29) is 0 Å². The molecule has 0 aliphatic heterocycles. The van der Waals surface area contributed by atoms with Gasteiger partial charge in [0.15, 0.2) is 0 Å². The second kappa shape index (κ2) is 5.08. The molecule has 2 aromatic rings. The summed E-state index contributed by atoms with van der Waals surface area (Å²) in [6, 6.07) is 5.47. The summed E-state index contributed by atoms with van der Waals surface area (Å²) < 4.78 is 6.89. The average molecular weight is 286 g/mol. The Bertz CT molecular complexity index is 581. The number of methoxy groups -OCH3 is 1. The predicted molar refractivity (Wildman–Crippen MR) is 73.5 cm³/mol. The van der Waals surface area contributed by atoms with Gasteiger partial charge in [-0.3, -0.25) is 0 Å². The molecule has 0 atom stereocenters. The highest BCUT2D eigenvalue weighted by Crippen LogP contribution is 2.29. The van der Waals surface area contributed by atoms with Gasteiger partial charge < -0.3 is 10.5 Å². The van der Waals surface area contributed by atoms with Crippen LogP contribution in [0, 0.1) is 6.92 Å². The maximum atomic E-state index is 6.16. The fraction of sp³-hybridized carbons (Fsp3) is 0.250. The van der Waals surface area contributed by atoms with Gasteiger partial charge in [-0.2, -0.15) is 5.10 Å². The van der Waals surface area contributed by atoms with Crippen molar-refractivity contribution in [1.82, 2.24) is 9.78 Å². The first kappa shape index (κ1) is 13.1. The van der Waals surface area contributed by atoms with E-state index in [0.29, 0.717) is 33.9 Å². The highest BCUT2D eigenvalue weighted by molar-refractivity contribution is 6.33. The molecule has 0 amide bonds. The number of hydrogen-bond acceptors (Lipinski definition) is 3. The van der Waals surface area contributed by atoms with Crippen LogP contribution in [0.15, 0.2) is 18.2 Å². The minimum Gasteiger partial charge on any atom is -0.496 e. The summed E-state index contributed by atoms with van der Waals surface area (Å²) in [6.07, 6.45) is 0. The van der Waals surface area contributed by atoms with Crippen molar-refractivity contribution in [2.45, 2.75) is 13.5 Å². The lowest BCUT2D eigenvalue weighted by Crippen LogP contribution is -2.07. The van der Waals surface area contributed by atoms with Gasteiger partial charge in [0, 0.05) is 10.6 Å². The Hall–Kier alpha value is -1.39. The molecular formula is C12H13Cl2N3O. The number of nitrogen functional groups attached to an aromatic ring is 1. The fourth-order valence-corrected chi connectivity index (χ4v) is 2.09. The van der Waals surface area contributed by atoms with Crippen molar-refractivity contribution in [3.8, 4) is 5.75 Å². The molecule has 6 heteroatoms. The molecule has 96 valence electrons. The van der Waals surface area contributed by atoms with Gasteiger partial charge in [-0.05, 0) is 19.1 Å². The van der Waals surface area contributed by atoms with E-state index >= 15 is 0 Å². The molecule has 2 rings (SSSR count). The Morgan fingerprint density at radius 2 is 2.11 bits per heavy atom. The summed E-state index contributed by atoms with van der Waals surface area (Å²) >= 11 is 12.2. The highest BCUT2D eigenvalue weighted by atomic mass is 35.5. The second-order valence-corrected chi connectivity index (χ2v) is 4.65. The van der Waals surface area contributed by atoms with Gasteiger partial charge in [0.25, 0.3) is 0 Å².